The van der Waals surface area contributed by atoms with Gasteiger partial charge in [0.25, 0.3) is 5.91 Å². The lowest BCUT2D eigenvalue weighted by atomic mass is 9.87. The lowest BCUT2D eigenvalue weighted by molar-refractivity contribution is -0.144. The van der Waals surface area contributed by atoms with Crippen LogP contribution in [0.3, 0.4) is 0 Å². The fourth-order valence-corrected chi connectivity index (χ4v) is 1.85. The molecule has 0 bridgehead atoms. The van der Waals surface area contributed by atoms with Crippen molar-refractivity contribution in [3.05, 3.63) is 22.6 Å². The molecule has 0 aromatic carbocycles. The van der Waals surface area contributed by atoms with Crippen LogP contribution in [0.5, 0.6) is 0 Å². The van der Waals surface area contributed by atoms with Gasteiger partial charge in [-0.15, -0.1) is 0 Å². The van der Waals surface area contributed by atoms with Gasteiger partial charge in [-0.3, -0.25) is 9.59 Å². The van der Waals surface area contributed by atoms with Gasteiger partial charge < -0.3 is 20.2 Å². The van der Waals surface area contributed by atoms with Crippen molar-refractivity contribution in [2.75, 3.05) is 6.54 Å². The second kappa shape index (κ2) is 6.75. The fourth-order valence-electron chi connectivity index (χ4n) is 1.54. The first kappa shape index (κ1) is 17.2. The summed E-state index contributed by atoms with van der Waals surface area (Å²) in [5.74, 6) is -2.22. The van der Waals surface area contributed by atoms with Crippen molar-refractivity contribution in [2.24, 2.45) is 5.41 Å². The van der Waals surface area contributed by atoms with Crippen LogP contribution >= 0.6 is 15.9 Å². The monoisotopic (exact) mass is 360 g/mol. The van der Waals surface area contributed by atoms with Crippen LogP contribution in [0, 0.1) is 5.41 Å². The Bertz CT molecular complexity index is 547. The van der Waals surface area contributed by atoms with E-state index in [0.29, 0.717) is 4.67 Å². The number of carboxylic acids is 1. The first-order chi connectivity index (χ1) is 9.61. The molecule has 0 saturated carbocycles. The molecule has 116 valence electrons. The summed E-state index contributed by atoms with van der Waals surface area (Å²) in [6.07, 6.45) is 0. The SMILES string of the molecule is CC(C)(C)[C@@H](NC(=O)CNC(=O)c1ccc(Br)o1)C(=O)O. The molecule has 3 N–H and O–H groups in total. The Hall–Kier alpha value is -1.83. The van der Waals surface area contributed by atoms with Gasteiger partial charge in [0, 0.05) is 0 Å². The summed E-state index contributed by atoms with van der Waals surface area (Å²) in [5, 5.41) is 13.8. The van der Waals surface area contributed by atoms with E-state index in [1.165, 1.54) is 6.07 Å². The molecule has 8 heteroatoms. The van der Waals surface area contributed by atoms with Crippen LogP contribution in [0.25, 0.3) is 0 Å². The molecule has 7 nitrogen and oxygen atoms in total. The molecular formula is C13H17BrN2O5. The Labute approximate surface area is 130 Å². The Balaban J connectivity index is 2.54. The molecule has 1 atom stereocenters. The topological polar surface area (TPSA) is 109 Å². The summed E-state index contributed by atoms with van der Waals surface area (Å²) in [7, 11) is 0. The third-order valence-corrected chi connectivity index (χ3v) is 3.05. The van der Waals surface area contributed by atoms with Crippen LogP contribution in [0.15, 0.2) is 21.2 Å². The van der Waals surface area contributed by atoms with Crippen molar-refractivity contribution >= 4 is 33.7 Å². The van der Waals surface area contributed by atoms with Gasteiger partial charge >= 0.3 is 5.97 Å². The molecule has 0 unspecified atom stereocenters. The highest BCUT2D eigenvalue weighted by molar-refractivity contribution is 9.10. The first-order valence-electron chi connectivity index (χ1n) is 6.17. The van der Waals surface area contributed by atoms with Gasteiger partial charge in [-0.2, -0.15) is 0 Å². The van der Waals surface area contributed by atoms with E-state index in [1.807, 2.05) is 0 Å². The molecule has 1 heterocycles. The summed E-state index contributed by atoms with van der Waals surface area (Å²) in [5.41, 5.74) is -0.641. The largest absolute Gasteiger partial charge is 0.480 e. The van der Waals surface area contributed by atoms with Crippen LogP contribution in [0.1, 0.15) is 31.3 Å². The zero-order chi connectivity index (χ0) is 16.2. The van der Waals surface area contributed by atoms with E-state index >= 15 is 0 Å². The van der Waals surface area contributed by atoms with Gasteiger partial charge in [0.2, 0.25) is 5.91 Å². The number of hydrogen-bond donors (Lipinski definition) is 3. The minimum atomic E-state index is -1.13. The molecule has 1 rings (SSSR count). The maximum atomic E-state index is 11.7. The zero-order valence-electron chi connectivity index (χ0n) is 11.9. The van der Waals surface area contributed by atoms with E-state index in [4.69, 9.17) is 9.52 Å². The number of rotatable bonds is 5. The molecule has 0 fully saturated rings. The van der Waals surface area contributed by atoms with Gasteiger partial charge in [-0.25, -0.2) is 4.79 Å². The van der Waals surface area contributed by atoms with Crippen molar-refractivity contribution in [3.63, 3.8) is 0 Å². The van der Waals surface area contributed by atoms with Crippen LogP contribution in [-0.2, 0) is 9.59 Å². The number of amides is 2. The molecule has 1 aromatic rings. The third kappa shape index (κ3) is 5.22. The minimum Gasteiger partial charge on any atom is -0.480 e. The quantitative estimate of drug-likeness (QED) is 0.734. The van der Waals surface area contributed by atoms with E-state index in [-0.39, 0.29) is 12.3 Å². The van der Waals surface area contributed by atoms with Crippen molar-refractivity contribution < 1.29 is 23.9 Å². The normalized spacial score (nSPS) is 12.6. The number of halogens is 1. The van der Waals surface area contributed by atoms with Gasteiger partial charge in [0.05, 0.1) is 6.54 Å². The highest BCUT2D eigenvalue weighted by atomic mass is 79.9. The van der Waals surface area contributed by atoms with E-state index in [1.54, 1.807) is 26.8 Å². The molecule has 0 aliphatic heterocycles. The lowest BCUT2D eigenvalue weighted by Gasteiger charge is -2.27. The highest BCUT2D eigenvalue weighted by Crippen LogP contribution is 2.19. The molecular weight excluding hydrogens is 344 g/mol. The number of carbonyl (C=O) groups excluding carboxylic acids is 2. The van der Waals surface area contributed by atoms with Crippen LogP contribution in [0.2, 0.25) is 0 Å². The third-order valence-electron chi connectivity index (χ3n) is 2.62. The number of furan rings is 1. The number of hydrogen-bond acceptors (Lipinski definition) is 4. The highest BCUT2D eigenvalue weighted by Gasteiger charge is 2.32. The standard InChI is InChI=1S/C13H17BrN2O5/c1-13(2,3)10(12(19)20)16-9(17)6-15-11(18)7-4-5-8(14)21-7/h4-5,10H,6H2,1-3H3,(H,15,18)(H,16,17)(H,19,20)/t10-/m0/s1. The number of carbonyl (C=O) groups is 3. The molecule has 0 aliphatic carbocycles. The van der Waals surface area contributed by atoms with Crippen molar-refractivity contribution in [3.8, 4) is 0 Å². The second-order valence-electron chi connectivity index (χ2n) is 5.49. The summed E-state index contributed by atoms with van der Waals surface area (Å²) in [6.45, 7) is 4.76. The molecule has 0 spiro atoms. The molecule has 0 saturated heterocycles. The second-order valence-corrected chi connectivity index (χ2v) is 6.27. The maximum absolute atomic E-state index is 11.7. The lowest BCUT2D eigenvalue weighted by Crippen LogP contribution is -2.51. The van der Waals surface area contributed by atoms with Crippen LogP contribution in [-0.4, -0.2) is 35.5 Å². The first-order valence-corrected chi connectivity index (χ1v) is 6.96. The van der Waals surface area contributed by atoms with Crippen molar-refractivity contribution in [1.82, 2.24) is 10.6 Å². The summed E-state index contributed by atoms with van der Waals surface area (Å²) in [4.78, 5) is 34.5. The maximum Gasteiger partial charge on any atom is 0.326 e. The molecule has 1 aromatic heterocycles. The predicted octanol–water partition coefficient (Wildman–Crippen LogP) is 1.39. The van der Waals surface area contributed by atoms with E-state index in [9.17, 15) is 14.4 Å². The summed E-state index contributed by atoms with van der Waals surface area (Å²) in [6, 6.07) is 1.96. The van der Waals surface area contributed by atoms with Crippen molar-refractivity contribution in [2.45, 2.75) is 26.8 Å². The molecule has 2 amide bonds. The Morgan fingerprint density at radius 2 is 1.95 bits per heavy atom. The van der Waals surface area contributed by atoms with Crippen LogP contribution < -0.4 is 10.6 Å². The average molecular weight is 361 g/mol. The predicted molar refractivity (Wildman–Crippen MR) is 77.8 cm³/mol. The Kier molecular flexibility index (Phi) is 5.54. The number of nitrogens with one attached hydrogen (secondary N) is 2. The fraction of sp³-hybridized carbons (Fsp3) is 0.462. The summed E-state index contributed by atoms with van der Waals surface area (Å²) >= 11 is 3.06. The van der Waals surface area contributed by atoms with E-state index in [0.717, 1.165) is 0 Å². The number of carboxylic acid groups (broad SMARTS) is 1. The Morgan fingerprint density at radius 3 is 2.38 bits per heavy atom. The smallest absolute Gasteiger partial charge is 0.326 e. The van der Waals surface area contributed by atoms with Gasteiger partial charge in [0.15, 0.2) is 10.4 Å². The van der Waals surface area contributed by atoms with Crippen molar-refractivity contribution in [1.29, 1.82) is 0 Å². The van der Waals surface area contributed by atoms with Gasteiger partial charge in [0.1, 0.15) is 6.04 Å². The number of aliphatic carboxylic acids is 1. The minimum absolute atomic E-state index is 0.0558. The molecule has 0 radical (unpaired) electrons. The van der Waals surface area contributed by atoms with Gasteiger partial charge in [-0.05, 0) is 33.5 Å². The van der Waals surface area contributed by atoms with E-state index in [2.05, 4.69) is 26.6 Å². The van der Waals surface area contributed by atoms with Crippen LogP contribution in [0.4, 0.5) is 0 Å². The molecule has 21 heavy (non-hydrogen) atoms. The summed E-state index contributed by atoms with van der Waals surface area (Å²) < 4.78 is 5.43. The zero-order valence-corrected chi connectivity index (χ0v) is 13.5. The average Bonchev–Trinajstić information content (AvgIpc) is 2.78. The molecule has 0 aliphatic rings. The van der Waals surface area contributed by atoms with Gasteiger partial charge in [-0.1, -0.05) is 20.8 Å². The Morgan fingerprint density at radius 1 is 1.33 bits per heavy atom. The van der Waals surface area contributed by atoms with E-state index < -0.39 is 29.2 Å².